The molecular formula is C16H29NO5. The average Bonchev–Trinajstić information content (AvgIpc) is 2.42. The lowest BCUT2D eigenvalue weighted by molar-refractivity contribution is -0.152. The number of aliphatic carboxylic acids is 1. The van der Waals surface area contributed by atoms with Crippen LogP contribution >= 0.6 is 0 Å². The van der Waals surface area contributed by atoms with Gasteiger partial charge in [-0.05, 0) is 52.9 Å². The summed E-state index contributed by atoms with van der Waals surface area (Å²) in [6.45, 7) is 7.87. The van der Waals surface area contributed by atoms with Gasteiger partial charge in [-0.2, -0.15) is 0 Å². The van der Waals surface area contributed by atoms with Crippen LogP contribution in [0.2, 0.25) is 0 Å². The maximum Gasteiger partial charge on any atom is 0.407 e. The first-order valence-corrected chi connectivity index (χ1v) is 8.00. The molecule has 1 aliphatic heterocycles. The monoisotopic (exact) mass is 315 g/mol. The Balaban J connectivity index is 2.66. The largest absolute Gasteiger partial charge is 0.481 e. The van der Waals surface area contributed by atoms with Gasteiger partial charge in [-0.3, -0.25) is 4.79 Å². The molecule has 0 aromatic rings. The molecule has 0 bridgehead atoms. The zero-order chi connectivity index (χ0) is 16.8. The van der Waals surface area contributed by atoms with Gasteiger partial charge < -0.3 is 19.9 Å². The minimum Gasteiger partial charge on any atom is -0.481 e. The van der Waals surface area contributed by atoms with Crippen molar-refractivity contribution < 1.29 is 24.2 Å². The number of rotatable bonds is 6. The van der Waals surface area contributed by atoms with Crippen LogP contribution < -0.4 is 5.32 Å². The number of carboxylic acid groups (broad SMARTS) is 1. The standard InChI is InChI=1S/C16H29NO5/c1-5-16(13(18)19,10-12-8-6-7-9-21-12)11-17-14(20)22-15(2,3)4/h12H,5-11H2,1-4H3,(H,17,20)(H,18,19). The number of carboxylic acids is 1. The zero-order valence-corrected chi connectivity index (χ0v) is 14.1. The minimum absolute atomic E-state index is 0.0492. The van der Waals surface area contributed by atoms with E-state index < -0.39 is 23.1 Å². The van der Waals surface area contributed by atoms with Crippen molar-refractivity contribution in [3.8, 4) is 0 Å². The fourth-order valence-corrected chi connectivity index (χ4v) is 2.62. The van der Waals surface area contributed by atoms with Crippen LogP contribution in [0, 0.1) is 5.41 Å². The molecule has 2 N–H and O–H groups in total. The Hall–Kier alpha value is -1.30. The third-order valence-electron chi connectivity index (χ3n) is 3.99. The van der Waals surface area contributed by atoms with Crippen LogP contribution in [-0.2, 0) is 14.3 Å². The third kappa shape index (κ3) is 5.83. The maximum absolute atomic E-state index is 11.8. The highest BCUT2D eigenvalue weighted by Crippen LogP contribution is 2.32. The summed E-state index contributed by atoms with van der Waals surface area (Å²) in [5.41, 5.74) is -1.62. The summed E-state index contributed by atoms with van der Waals surface area (Å²) in [6.07, 6.45) is 3.16. The molecule has 1 amide bonds. The van der Waals surface area contributed by atoms with Crippen molar-refractivity contribution in [2.75, 3.05) is 13.2 Å². The quantitative estimate of drug-likeness (QED) is 0.787. The fraction of sp³-hybridized carbons (Fsp3) is 0.875. The zero-order valence-electron chi connectivity index (χ0n) is 14.1. The molecule has 1 saturated heterocycles. The normalized spacial score (nSPS) is 21.7. The van der Waals surface area contributed by atoms with Crippen LogP contribution in [0.1, 0.15) is 59.8 Å². The Labute approximate surface area is 132 Å². The summed E-state index contributed by atoms with van der Waals surface area (Å²) in [6, 6.07) is 0. The van der Waals surface area contributed by atoms with E-state index in [1.165, 1.54) is 0 Å². The van der Waals surface area contributed by atoms with E-state index in [1.807, 2.05) is 6.92 Å². The van der Waals surface area contributed by atoms with E-state index in [2.05, 4.69) is 5.32 Å². The van der Waals surface area contributed by atoms with Gasteiger partial charge >= 0.3 is 12.1 Å². The van der Waals surface area contributed by atoms with Gasteiger partial charge in [0.05, 0.1) is 11.5 Å². The van der Waals surface area contributed by atoms with Gasteiger partial charge in [-0.1, -0.05) is 6.92 Å². The molecule has 0 radical (unpaired) electrons. The highest BCUT2D eigenvalue weighted by Gasteiger charge is 2.40. The van der Waals surface area contributed by atoms with Crippen molar-refractivity contribution in [1.82, 2.24) is 5.32 Å². The number of hydrogen-bond donors (Lipinski definition) is 2. The topological polar surface area (TPSA) is 84.9 Å². The smallest absolute Gasteiger partial charge is 0.407 e. The van der Waals surface area contributed by atoms with E-state index in [9.17, 15) is 14.7 Å². The molecule has 1 aliphatic rings. The molecule has 1 heterocycles. The summed E-state index contributed by atoms with van der Waals surface area (Å²) in [4.78, 5) is 23.6. The van der Waals surface area contributed by atoms with E-state index in [0.29, 0.717) is 19.4 Å². The molecule has 6 nitrogen and oxygen atoms in total. The van der Waals surface area contributed by atoms with Gasteiger partial charge in [0.15, 0.2) is 0 Å². The first-order valence-electron chi connectivity index (χ1n) is 8.00. The number of carbonyl (C=O) groups excluding carboxylic acids is 1. The molecule has 0 aromatic heterocycles. The second kappa shape index (κ2) is 7.81. The highest BCUT2D eigenvalue weighted by molar-refractivity contribution is 5.76. The number of nitrogens with one attached hydrogen (secondary N) is 1. The van der Waals surface area contributed by atoms with Gasteiger partial charge in [0, 0.05) is 13.2 Å². The Kier molecular flexibility index (Phi) is 6.66. The molecular weight excluding hydrogens is 286 g/mol. The maximum atomic E-state index is 11.8. The Morgan fingerprint density at radius 1 is 1.32 bits per heavy atom. The van der Waals surface area contributed by atoms with Crippen LogP contribution in [0.15, 0.2) is 0 Å². The van der Waals surface area contributed by atoms with Gasteiger partial charge in [0.2, 0.25) is 0 Å². The van der Waals surface area contributed by atoms with Gasteiger partial charge in [0.25, 0.3) is 0 Å². The van der Waals surface area contributed by atoms with Crippen molar-refractivity contribution in [3.63, 3.8) is 0 Å². The summed E-state index contributed by atoms with van der Waals surface area (Å²) in [5, 5.41) is 12.3. The van der Waals surface area contributed by atoms with Crippen LogP contribution in [0.4, 0.5) is 4.79 Å². The number of alkyl carbamates (subject to hydrolysis) is 1. The lowest BCUT2D eigenvalue weighted by Gasteiger charge is -2.34. The lowest BCUT2D eigenvalue weighted by atomic mass is 9.78. The number of amides is 1. The van der Waals surface area contributed by atoms with E-state index in [1.54, 1.807) is 20.8 Å². The molecule has 0 spiro atoms. The van der Waals surface area contributed by atoms with Gasteiger partial charge in [0.1, 0.15) is 5.60 Å². The second-order valence-electron chi connectivity index (χ2n) is 6.99. The first kappa shape index (κ1) is 18.7. The van der Waals surface area contributed by atoms with Crippen molar-refractivity contribution in [1.29, 1.82) is 0 Å². The van der Waals surface area contributed by atoms with Crippen molar-refractivity contribution in [2.45, 2.75) is 71.5 Å². The molecule has 6 heteroatoms. The van der Waals surface area contributed by atoms with Gasteiger partial charge in [-0.15, -0.1) is 0 Å². The average molecular weight is 315 g/mol. The summed E-state index contributed by atoms with van der Waals surface area (Å²) in [7, 11) is 0. The molecule has 1 fully saturated rings. The summed E-state index contributed by atoms with van der Waals surface area (Å²) < 4.78 is 10.8. The van der Waals surface area contributed by atoms with E-state index in [0.717, 1.165) is 19.3 Å². The van der Waals surface area contributed by atoms with Crippen molar-refractivity contribution in [2.24, 2.45) is 5.41 Å². The summed E-state index contributed by atoms with van der Waals surface area (Å²) in [5.74, 6) is -0.903. The minimum atomic E-state index is -1.01. The van der Waals surface area contributed by atoms with Crippen LogP contribution in [0.5, 0.6) is 0 Å². The molecule has 128 valence electrons. The van der Waals surface area contributed by atoms with E-state index >= 15 is 0 Å². The van der Waals surface area contributed by atoms with Crippen LogP contribution in [0.25, 0.3) is 0 Å². The first-order chi connectivity index (χ1) is 10.2. The van der Waals surface area contributed by atoms with E-state index in [-0.39, 0.29) is 12.6 Å². The second-order valence-corrected chi connectivity index (χ2v) is 6.99. The molecule has 1 rings (SSSR count). The number of carbonyl (C=O) groups is 2. The van der Waals surface area contributed by atoms with Crippen molar-refractivity contribution >= 4 is 12.1 Å². The Morgan fingerprint density at radius 2 is 2.00 bits per heavy atom. The molecule has 0 aromatic carbocycles. The van der Waals surface area contributed by atoms with Crippen LogP contribution in [0.3, 0.4) is 0 Å². The third-order valence-corrected chi connectivity index (χ3v) is 3.99. The number of hydrogen-bond acceptors (Lipinski definition) is 4. The molecule has 0 aliphatic carbocycles. The van der Waals surface area contributed by atoms with Crippen molar-refractivity contribution in [3.05, 3.63) is 0 Å². The molecule has 2 unspecified atom stereocenters. The summed E-state index contributed by atoms with van der Waals surface area (Å²) >= 11 is 0. The predicted octanol–water partition coefficient (Wildman–Crippen LogP) is 2.95. The van der Waals surface area contributed by atoms with E-state index in [4.69, 9.17) is 9.47 Å². The Morgan fingerprint density at radius 3 is 2.45 bits per heavy atom. The fourth-order valence-electron chi connectivity index (χ4n) is 2.62. The van der Waals surface area contributed by atoms with Gasteiger partial charge in [-0.25, -0.2) is 4.79 Å². The molecule has 2 atom stereocenters. The lowest BCUT2D eigenvalue weighted by Crippen LogP contribution is -2.46. The SMILES string of the molecule is CCC(CNC(=O)OC(C)(C)C)(CC1CCCCO1)C(=O)O. The highest BCUT2D eigenvalue weighted by atomic mass is 16.6. The molecule has 22 heavy (non-hydrogen) atoms. The number of ether oxygens (including phenoxy) is 2. The molecule has 0 saturated carbocycles. The predicted molar refractivity (Wildman–Crippen MR) is 82.8 cm³/mol. The Bertz CT molecular complexity index is 384. The van der Waals surface area contributed by atoms with Crippen LogP contribution in [-0.4, -0.2) is 42.0 Å².